The van der Waals surface area contributed by atoms with Gasteiger partial charge in [0.05, 0.1) is 13.8 Å². The molecule has 0 spiro atoms. The van der Waals surface area contributed by atoms with Gasteiger partial charge >= 0.3 is 0 Å². The average Bonchev–Trinajstić information content (AvgIpc) is 2.96. The second-order valence-corrected chi connectivity index (χ2v) is 16.4. The van der Waals surface area contributed by atoms with Crippen LogP contribution in [0.15, 0.2) is 121 Å². The summed E-state index contributed by atoms with van der Waals surface area (Å²) < 4.78 is 0. The molecule has 0 fully saturated rings. The van der Waals surface area contributed by atoms with Crippen molar-refractivity contribution in [3.8, 4) is 22.4 Å². The molecule has 0 bridgehead atoms. The van der Waals surface area contributed by atoms with E-state index in [0.29, 0.717) is 0 Å². The van der Waals surface area contributed by atoms with Crippen molar-refractivity contribution in [2.75, 3.05) is 0 Å². The minimum Gasteiger partial charge on any atom is -0.256 e. The highest BCUT2D eigenvalue weighted by molar-refractivity contribution is 6.88. The molecule has 182 valence electrons. The second kappa shape index (κ2) is 8.65. The number of nitrogens with zero attached hydrogens (tertiary/aromatic N) is 1. The van der Waals surface area contributed by atoms with E-state index in [0.717, 1.165) is 11.3 Å². The molecule has 1 nitrogen and oxygen atoms in total. The van der Waals surface area contributed by atoms with Gasteiger partial charge in [0.25, 0.3) is 0 Å². The van der Waals surface area contributed by atoms with Crippen LogP contribution in [-0.4, -0.2) is 13.1 Å². The van der Waals surface area contributed by atoms with E-state index in [1.165, 1.54) is 59.4 Å². The van der Waals surface area contributed by atoms with Crippen LogP contribution in [0.1, 0.15) is 0 Å². The van der Waals surface area contributed by atoms with E-state index in [2.05, 4.69) is 141 Å². The molecule has 6 aromatic carbocycles. The van der Waals surface area contributed by atoms with E-state index in [1.54, 1.807) is 0 Å². The van der Waals surface area contributed by atoms with Crippen molar-refractivity contribution in [1.29, 1.82) is 0 Å². The smallest absolute Gasteiger partial charge is 0.0796 e. The van der Waals surface area contributed by atoms with Crippen LogP contribution in [0.3, 0.4) is 0 Å². The molecule has 2 heteroatoms. The fraction of sp³-hybridized carbons (Fsp3) is 0.0833. The fourth-order valence-corrected chi connectivity index (χ4v) is 6.71. The van der Waals surface area contributed by atoms with Gasteiger partial charge in [-0.15, -0.1) is 0 Å². The van der Waals surface area contributed by atoms with Gasteiger partial charge in [0.2, 0.25) is 0 Å². The minimum absolute atomic E-state index is 1.03. The van der Waals surface area contributed by atoms with Gasteiger partial charge in [-0.1, -0.05) is 111 Å². The molecule has 0 aliphatic carbocycles. The molecule has 0 atom stereocenters. The van der Waals surface area contributed by atoms with Crippen LogP contribution >= 0.6 is 0 Å². The number of hydrogen-bond donors (Lipinski definition) is 0. The maximum absolute atomic E-state index is 4.88. The van der Waals surface area contributed by atoms with Crippen LogP contribution in [0.2, 0.25) is 19.6 Å². The normalized spacial score (nSPS) is 12.1. The van der Waals surface area contributed by atoms with Gasteiger partial charge in [0.1, 0.15) is 0 Å². The van der Waals surface area contributed by atoms with E-state index >= 15 is 0 Å². The molecule has 7 aromatic rings. The second-order valence-electron chi connectivity index (χ2n) is 11.3. The summed E-state index contributed by atoms with van der Waals surface area (Å²) in [5, 5.41) is 11.6. The van der Waals surface area contributed by atoms with E-state index in [-0.39, 0.29) is 0 Å². The summed E-state index contributed by atoms with van der Waals surface area (Å²) in [4.78, 5) is 4.88. The SMILES string of the molecule is C[Si](C)(C)c1ccc(-c2ccc3c4ccccc4c4cc(-c5ccc6ccccc6c5)ccc4c3c2)nc1. The lowest BCUT2D eigenvalue weighted by atomic mass is 9.90. The average molecular weight is 504 g/mol. The van der Waals surface area contributed by atoms with Crippen molar-refractivity contribution in [3.05, 3.63) is 121 Å². The maximum atomic E-state index is 4.88. The van der Waals surface area contributed by atoms with Crippen LogP contribution in [0.5, 0.6) is 0 Å². The highest BCUT2D eigenvalue weighted by atomic mass is 28.3. The summed E-state index contributed by atoms with van der Waals surface area (Å²) in [6.45, 7) is 7.09. The molecule has 38 heavy (non-hydrogen) atoms. The predicted octanol–water partition coefficient (Wildman–Crippen LogP) is 9.57. The third-order valence-electron chi connectivity index (χ3n) is 7.84. The molecular formula is C36H29NSi. The van der Waals surface area contributed by atoms with E-state index in [4.69, 9.17) is 4.98 Å². The molecule has 1 aromatic heterocycles. The van der Waals surface area contributed by atoms with Crippen LogP contribution in [0.4, 0.5) is 0 Å². The molecule has 0 N–H and O–H groups in total. The topological polar surface area (TPSA) is 12.9 Å². The van der Waals surface area contributed by atoms with E-state index in [9.17, 15) is 0 Å². The number of benzene rings is 6. The molecule has 0 aliphatic heterocycles. The Morgan fingerprint density at radius 1 is 0.447 bits per heavy atom. The Kier molecular flexibility index (Phi) is 5.21. The van der Waals surface area contributed by atoms with Crippen LogP contribution in [-0.2, 0) is 0 Å². The number of rotatable bonds is 3. The minimum atomic E-state index is -1.38. The van der Waals surface area contributed by atoms with Crippen molar-refractivity contribution < 1.29 is 0 Å². The zero-order valence-electron chi connectivity index (χ0n) is 22.0. The van der Waals surface area contributed by atoms with Gasteiger partial charge in [-0.2, -0.15) is 0 Å². The molecule has 0 saturated carbocycles. The molecule has 0 aliphatic rings. The molecule has 0 radical (unpaired) electrons. The van der Waals surface area contributed by atoms with Crippen LogP contribution in [0.25, 0.3) is 65.5 Å². The van der Waals surface area contributed by atoms with Gasteiger partial charge in [-0.3, -0.25) is 4.98 Å². The largest absolute Gasteiger partial charge is 0.256 e. The first kappa shape index (κ1) is 22.9. The fourth-order valence-electron chi connectivity index (χ4n) is 5.67. The van der Waals surface area contributed by atoms with E-state index in [1.807, 2.05) is 0 Å². The maximum Gasteiger partial charge on any atom is 0.0796 e. The zero-order valence-corrected chi connectivity index (χ0v) is 23.0. The molecule has 7 rings (SSSR count). The third kappa shape index (κ3) is 3.80. The Bertz CT molecular complexity index is 2000. The Morgan fingerprint density at radius 2 is 1.00 bits per heavy atom. The standard InChI is InChI=1S/C36H29NSi/c1-38(2,3)29-16-19-36(37-23-29)28-15-18-32-30-10-6-7-11-31(30)34-21-27(14-17-33(34)35(32)22-28)26-13-12-24-8-4-5-9-25(24)20-26/h4-23H,1-3H3. The zero-order chi connectivity index (χ0) is 25.9. The summed E-state index contributed by atoms with van der Waals surface area (Å²) in [5.41, 5.74) is 4.68. The molecule has 0 unspecified atom stereocenters. The van der Waals surface area contributed by atoms with Gasteiger partial charge < -0.3 is 0 Å². The summed E-state index contributed by atoms with van der Waals surface area (Å²) in [7, 11) is -1.38. The van der Waals surface area contributed by atoms with Crippen molar-refractivity contribution >= 4 is 56.4 Å². The van der Waals surface area contributed by atoms with Crippen LogP contribution in [0, 0.1) is 0 Å². The van der Waals surface area contributed by atoms with Crippen molar-refractivity contribution in [1.82, 2.24) is 4.98 Å². The Balaban J connectivity index is 1.44. The number of pyridine rings is 1. The molecule has 1 heterocycles. The van der Waals surface area contributed by atoms with Gasteiger partial charge in [0.15, 0.2) is 0 Å². The predicted molar refractivity (Wildman–Crippen MR) is 168 cm³/mol. The Hall–Kier alpha value is -4.27. The van der Waals surface area contributed by atoms with Gasteiger partial charge in [-0.25, -0.2) is 0 Å². The number of aromatic nitrogens is 1. The van der Waals surface area contributed by atoms with Gasteiger partial charge in [-0.05, 0) is 83.7 Å². The number of hydrogen-bond acceptors (Lipinski definition) is 1. The highest BCUT2D eigenvalue weighted by Crippen LogP contribution is 2.39. The number of fused-ring (bicyclic) bond motifs is 7. The third-order valence-corrected chi connectivity index (χ3v) is 9.87. The molecule has 0 amide bonds. The summed E-state index contributed by atoms with van der Waals surface area (Å²) in [6.07, 6.45) is 2.08. The molecule has 0 saturated heterocycles. The first-order valence-corrected chi connectivity index (χ1v) is 16.8. The molecular weight excluding hydrogens is 474 g/mol. The monoisotopic (exact) mass is 503 g/mol. The lowest BCUT2D eigenvalue weighted by molar-refractivity contribution is 1.34. The summed E-state index contributed by atoms with van der Waals surface area (Å²) in [6, 6.07) is 42.4. The van der Waals surface area contributed by atoms with Crippen LogP contribution < -0.4 is 5.19 Å². The first-order chi connectivity index (χ1) is 18.5. The first-order valence-electron chi connectivity index (χ1n) is 13.3. The van der Waals surface area contributed by atoms with Crippen molar-refractivity contribution in [2.24, 2.45) is 0 Å². The Morgan fingerprint density at radius 3 is 1.71 bits per heavy atom. The van der Waals surface area contributed by atoms with Crippen molar-refractivity contribution in [3.63, 3.8) is 0 Å². The quantitative estimate of drug-likeness (QED) is 0.173. The van der Waals surface area contributed by atoms with E-state index < -0.39 is 8.07 Å². The van der Waals surface area contributed by atoms with Crippen molar-refractivity contribution in [2.45, 2.75) is 19.6 Å². The lowest BCUT2D eigenvalue weighted by Crippen LogP contribution is -2.37. The Labute approximate surface area is 224 Å². The summed E-state index contributed by atoms with van der Waals surface area (Å²) >= 11 is 0. The lowest BCUT2D eigenvalue weighted by Gasteiger charge is -2.16. The van der Waals surface area contributed by atoms with Gasteiger partial charge in [0, 0.05) is 11.8 Å². The highest BCUT2D eigenvalue weighted by Gasteiger charge is 2.17. The summed E-state index contributed by atoms with van der Waals surface area (Å²) in [5.74, 6) is 0.